The van der Waals surface area contributed by atoms with E-state index in [1.54, 1.807) is 13.8 Å². The van der Waals surface area contributed by atoms with Crippen molar-refractivity contribution in [2.45, 2.75) is 59.3 Å². The van der Waals surface area contributed by atoms with E-state index in [9.17, 15) is 9.59 Å². The third kappa shape index (κ3) is 4.60. The van der Waals surface area contributed by atoms with Crippen molar-refractivity contribution in [2.75, 3.05) is 12.4 Å². The van der Waals surface area contributed by atoms with Crippen molar-refractivity contribution in [2.24, 2.45) is 5.92 Å². The van der Waals surface area contributed by atoms with Crippen LogP contribution in [0.5, 0.6) is 0 Å². The molecule has 0 unspecified atom stereocenters. The maximum absolute atomic E-state index is 12.3. The average molecular weight is 381 g/mol. The van der Waals surface area contributed by atoms with Gasteiger partial charge in [-0.15, -0.1) is 0 Å². The Bertz CT molecular complexity index is 724. The third-order valence-electron chi connectivity index (χ3n) is 4.18. The fourth-order valence-corrected chi connectivity index (χ4v) is 3.91. The summed E-state index contributed by atoms with van der Waals surface area (Å²) >= 11 is 1.52. The first kappa shape index (κ1) is 20.4. The molecule has 0 saturated carbocycles. The summed E-state index contributed by atoms with van der Waals surface area (Å²) in [6.07, 6.45) is 0. The highest BCUT2D eigenvalue weighted by atomic mass is 32.2. The Balaban J connectivity index is 2.27. The van der Waals surface area contributed by atoms with Gasteiger partial charge in [-0.25, -0.2) is 14.6 Å². The van der Waals surface area contributed by atoms with Gasteiger partial charge in [0.2, 0.25) is 0 Å². The summed E-state index contributed by atoms with van der Waals surface area (Å²) in [6, 6.07) is -0.698. The van der Waals surface area contributed by atoms with Crippen LogP contribution in [0.1, 0.15) is 39.1 Å². The first-order chi connectivity index (χ1) is 12.2. The molecule has 2 N–H and O–H groups in total. The van der Waals surface area contributed by atoms with Gasteiger partial charge in [-0.2, -0.15) is 0 Å². The maximum atomic E-state index is 12.3. The number of nitrogens with zero attached hydrogens (tertiary/aromatic N) is 2. The van der Waals surface area contributed by atoms with Gasteiger partial charge in [0.05, 0.1) is 23.9 Å². The zero-order valence-corrected chi connectivity index (χ0v) is 17.1. The van der Waals surface area contributed by atoms with Crippen LogP contribution >= 0.6 is 11.8 Å². The minimum Gasteiger partial charge on any atom is -0.463 e. The summed E-state index contributed by atoms with van der Waals surface area (Å²) in [5.41, 5.74) is 3.19. The number of ether oxygens (including phenoxy) is 1. The van der Waals surface area contributed by atoms with Crippen LogP contribution in [-0.2, 0) is 16.1 Å². The first-order valence-electron chi connectivity index (χ1n) is 8.88. The monoisotopic (exact) mass is 380 g/mol. The Labute approximate surface area is 159 Å². The van der Waals surface area contributed by atoms with Crippen molar-refractivity contribution in [1.82, 2.24) is 20.2 Å². The van der Waals surface area contributed by atoms with Gasteiger partial charge >= 0.3 is 12.0 Å². The third-order valence-corrected chi connectivity index (χ3v) is 5.18. The van der Waals surface area contributed by atoms with E-state index in [1.165, 1.54) is 11.8 Å². The van der Waals surface area contributed by atoms with Crippen LogP contribution in [0.2, 0.25) is 0 Å². The molecule has 2 heterocycles. The molecule has 0 radical (unpaired) electrons. The van der Waals surface area contributed by atoms with Crippen molar-refractivity contribution >= 4 is 23.8 Å². The van der Waals surface area contributed by atoms with E-state index in [1.807, 2.05) is 6.92 Å². The molecule has 1 atom stereocenters. The molecule has 1 aliphatic heterocycles. The number of thioether (sulfide) groups is 1. The number of rotatable bonds is 7. The molecule has 144 valence electrons. The number of aromatic nitrogens is 2. The quantitative estimate of drug-likeness (QED) is 0.561. The van der Waals surface area contributed by atoms with Crippen LogP contribution in [0.25, 0.3) is 0 Å². The predicted octanol–water partition coefficient (Wildman–Crippen LogP) is 2.77. The smallest absolute Gasteiger partial charge is 0.337 e. The van der Waals surface area contributed by atoms with Gasteiger partial charge in [-0.3, -0.25) is 0 Å². The normalized spacial score (nSPS) is 17.3. The number of amides is 2. The lowest BCUT2D eigenvalue weighted by Crippen LogP contribution is -2.49. The fourth-order valence-electron chi connectivity index (χ4n) is 2.84. The second-order valence-electron chi connectivity index (χ2n) is 6.79. The molecule has 1 aromatic rings. The lowest BCUT2D eigenvalue weighted by Gasteiger charge is -2.26. The molecule has 1 aromatic heterocycles. The van der Waals surface area contributed by atoms with Crippen molar-refractivity contribution in [3.63, 3.8) is 0 Å². The average Bonchev–Trinajstić information content (AvgIpc) is 2.79. The van der Waals surface area contributed by atoms with E-state index in [4.69, 9.17) is 4.74 Å². The van der Waals surface area contributed by atoms with Gasteiger partial charge in [-0.1, -0.05) is 25.6 Å². The number of urea groups is 1. The molecule has 0 aromatic carbocycles. The largest absolute Gasteiger partial charge is 0.463 e. The van der Waals surface area contributed by atoms with Gasteiger partial charge in [0.1, 0.15) is 0 Å². The summed E-state index contributed by atoms with van der Waals surface area (Å²) < 4.78 is 7.35. The van der Waals surface area contributed by atoms with E-state index < -0.39 is 12.0 Å². The molecular weight excluding hydrogens is 352 g/mol. The van der Waals surface area contributed by atoms with Crippen LogP contribution in [0.4, 0.5) is 4.79 Å². The number of carbonyl (C=O) groups excluding carboxylic acids is 2. The fraction of sp³-hybridized carbons (Fsp3) is 0.611. The lowest BCUT2D eigenvalue weighted by molar-refractivity contribution is -0.138. The van der Waals surface area contributed by atoms with Crippen LogP contribution in [-0.4, -0.2) is 40.0 Å². The molecule has 2 amide bonds. The summed E-state index contributed by atoms with van der Waals surface area (Å²) in [6.45, 7) is 13.1. The van der Waals surface area contributed by atoms with Crippen molar-refractivity contribution in [3.8, 4) is 0 Å². The Morgan fingerprint density at radius 3 is 2.69 bits per heavy atom. The van der Waals surface area contributed by atoms with Crippen LogP contribution < -0.4 is 10.6 Å². The molecule has 0 spiro atoms. The molecule has 0 aliphatic carbocycles. The molecule has 8 heteroatoms. The number of aryl methyl sites for hydroxylation is 1. The van der Waals surface area contributed by atoms with E-state index >= 15 is 0 Å². The standard InChI is InChI=1S/C18H28N4O3S/c1-7-25-16(23)15-12(5)19-17(24)21-14(15)9-26-18-20-11(4)13(6)22(18)8-10(2)3/h10,12H,7-9H2,1-6H3,(H2,19,21,24)/t12-/m1/s1. The van der Waals surface area contributed by atoms with Gasteiger partial charge in [-0.05, 0) is 33.6 Å². The maximum Gasteiger partial charge on any atom is 0.337 e. The topological polar surface area (TPSA) is 85.2 Å². The second-order valence-corrected chi connectivity index (χ2v) is 7.73. The molecule has 0 fully saturated rings. The van der Waals surface area contributed by atoms with Crippen molar-refractivity contribution in [1.29, 1.82) is 0 Å². The number of hydrogen-bond donors (Lipinski definition) is 2. The summed E-state index contributed by atoms with van der Waals surface area (Å²) in [5.74, 6) is 0.537. The number of imidazole rings is 1. The van der Waals surface area contributed by atoms with Gasteiger partial charge < -0.3 is 19.9 Å². The molecule has 1 aliphatic rings. The Kier molecular flexibility index (Phi) is 6.75. The second kappa shape index (κ2) is 8.62. The van der Waals surface area contributed by atoms with E-state index in [0.29, 0.717) is 29.5 Å². The van der Waals surface area contributed by atoms with Crippen molar-refractivity contribution < 1.29 is 14.3 Å². The first-order valence-corrected chi connectivity index (χ1v) is 9.87. The van der Waals surface area contributed by atoms with Gasteiger partial charge in [0.15, 0.2) is 5.16 Å². The zero-order valence-electron chi connectivity index (χ0n) is 16.3. The van der Waals surface area contributed by atoms with E-state index in [-0.39, 0.29) is 6.03 Å². The number of carbonyl (C=O) groups is 2. The SMILES string of the molecule is CCOC(=O)C1=C(CSc2nc(C)c(C)n2CC(C)C)NC(=O)N[C@@H]1C. The molecular formula is C18H28N4O3S. The summed E-state index contributed by atoms with van der Waals surface area (Å²) in [5, 5.41) is 6.36. The number of esters is 1. The van der Waals surface area contributed by atoms with Gasteiger partial charge in [0, 0.05) is 23.7 Å². The molecule has 7 nitrogen and oxygen atoms in total. The van der Waals surface area contributed by atoms with Crippen molar-refractivity contribution in [3.05, 3.63) is 22.7 Å². The summed E-state index contributed by atoms with van der Waals surface area (Å²) in [7, 11) is 0. The minimum absolute atomic E-state index is 0.292. The van der Waals surface area contributed by atoms with Crippen LogP contribution in [0.3, 0.4) is 0 Å². The Morgan fingerprint density at radius 1 is 1.38 bits per heavy atom. The zero-order chi connectivity index (χ0) is 19.4. The molecule has 0 bridgehead atoms. The van der Waals surface area contributed by atoms with E-state index in [0.717, 1.165) is 23.1 Å². The van der Waals surface area contributed by atoms with Gasteiger partial charge in [0.25, 0.3) is 0 Å². The number of nitrogens with one attached hydrogen (secondary N) is 2. The predicted molar refractivity (Wildman–Crippen MR) is 102 cm³/mol. The van der Waals surface area contributed by atoms with Crippen LogP contribution in [0, 0.1) is 19.8 Å². The Morgan fingerprint density at radius 2 is 2.08 bits per heavy atom. The highest BCUT2D eigenvalue weighted by Crippen LogP contribution is 2.26. The number of hydrogen-bond acceptors (Lipinski definition) is 5. The Hall–Kier alpha value is -1.96. The minimum atomic E-state index is -0.402. The highest BCUT2D eigenvalue weighted by molar-refractivity contribution is 7.99. The molecule has 26 heavy (non-hydrogen) atoms. The van der Waals surface area contributed by atoms with E-state index in [2.05, 4.69) is 41.0 Å². The molecule has 0 saturated heterocycles. The highest BCUT2D eigenvalue weighted by Gasteiger charge is 2.30. The molecule has 2 rings (SSSR count). The van der Waals surface area contributed by atoms with Crippen LogP contribution in [0.15, 0.2) is 16.4 Å². The lowest BCUT2D eigenvalue weighted by atomic mass is 10.1. The summed E-state index contributed by atoms with van der Waals surface area (Å²) in [4.78, 5) is 28.8.